The summed E-state index contributed by atoms with van der Waals surface area (Å²) >= 11 is 0. The molecule has 1 fully saturated rings. The maximum Gasteiger partial charge on any atom is 0.416 e. The summed E-state index contributed by atoms with van der Waals surface area (Å²) in [6, 6.07) is 4.56. The van der Waals surface area contributed by atoms with Gasteiger partial charge in [0.2, 0.25) is 0 Å². The number of hydrogen-bond donors (Lipinski definition) is 2. The second-order valence-corrected chi connectivity index (χ2v) is 4.88. The van der Waals surface area contributed by atoms with Crippen LogP contribution in [0.3, 0.4) is 0 Å². The van der Waals surface area contributed by atoms with E-state index in [4.69, 9.17) is 5.11 Å². The summed E-state index contributed by atoms with van der Waals surface area (Å²) in [6.45, 7) is 0.199. The standard InChI is InChI=1S/C13H14F3NO3/c14-13(15,16)10-3-1-2-9(8-10)12(20)4-6-17(7-5-12)11(18)19/h1-3,8,20H,4-7H2,(H,18,19). The highest BCUT2D eigenvalue weighted by molar-refractivity contribution is 5.65. The number of alkyl halides is 3. The van der Waals surface area contributed by atoms with E-state index in [1.165, 1.54) is 12.1 Å². The molecule has 0 spiro atoms. The van der Waals surface area contributed by atoms with Crippen LogP contribution in [0.1, 0.15) is 24.0 Å². The molecule has 0 bridgehead atoms. The van der Waals surface area contributed by atoms with Crippen molar-refractivity contribution in [3.05, 3.63) is 35.4 Å². The second kappa shape index (κ2) is 4.97. The van der Waals surface area contributed by atoms with E-state index in [0.717, 1.165) is 17.0 Å². The molecule has 2 rings (SSSR count). The maximum absolute atomic E-state index is 12.7. The van der Waals surface area contributed by atoms with E-state index >= 15 is 0 Å². The second-order valence-electron chi connectivity index (χ2n) is 4.88. The highest BCUT2D eigenvalue weighted by atomic mass is 19.4. The Morgan fingerprint density at radius 1 is 1.25 bits per heavy atom. The van der Waals surface area contributed by atoms with Crippen LogP contribution in [0.15, 0.2) is 24.3 Å². The Morgan fingerprint density at radius 2 is 1.85 bits per heavy atom. The van der Waals surface area contributed by atoms with Crippen molar-refractivity contribution in [1.29, 1.82) is 0 Å². The summed E-state index contributed by atoms with van der Waals surface area (Å²) in [5, 5.41) is 19.3. The quantitative estimate of drug-likeness (QED) is 0.835. The lowest BCUT2D eigenvalue weighted by molar-refractivity contribution is -0.137. The third kappa shape index (κ3) is 2.87. The fourth-order valence-electron chi connectivity index (χ4n) is 2.34. The minimum Gasteiger partial charge on any atom is -0.465 e. The SMILES string of the molecule is O=C(O)N1CCC(O)(c2cccc(C(F)(F)F)c2)CC1. The van der Waals surface area contributed by atoms with Crippen LogP contribution in [0.5, 0.6) is 0 Å². The van der Waals surface area contributed by atoms with Crippen LogP contribution in [0.25, 0.3) is 0 Å². The first kappa shape index (κ1) is 14.6. The molecule has 0 atom stereocenters. The average molecular weight is 289 g/mol. The van der Waals surface area contributed by atoms with Gasteiger partial charge in [0.15, 0.2) is 0 Å². The van der Waals surface area contributed by atoms with E-state index in [1.807, 2.05) is 0 Å². The smallest absolute Gasteiger partial charge is 0.416 e. The van der Waals surface area contributed by atoms with Crippen molar-refractivity contribution in [1.82, 2.24) is 4.90 Å². The Balaban J connectivity index is 2.22. The molecule has 1 aromatic carbocycles. The first-order valence-electron chi connectivity index (χ1n) is 6.10. The number of halogens is 3. The summed E-state index contributed by atoms with van der Waals surface area (Å²) in [7, 11) is 0. The number of aliphatic hydroxyl groups is 1. The van der Waals surface area contributed by atoms with E-state index in [-0.39, 0.29) is 31.5 Å². The van der Waals surface area contributed by atoms with Gasteiger partial charge >= 0.3 is 12.3 Å². The molecular formula is C13H14F3NO3. The molecule has 2 N–H and O–H groups in total. The number of carbonyl (C=O) groups is 1. The van der Waals surface area contributed by atoms with Gasteiger partial charge in [-0.3, -0.25) is 0 Å². The lowest BCUT2D eigenvalue weighted by Gasteiger charge is -2.37. The van der Waals surface area contributed by atoms with Gasteiger partial charge in [-0.15, -0.1) is 0 Å². The van der Waals surface area contributed by atoms with E-state index in [2.05, 4.69) is 0 Å². The van der Waals surface area contributed by atoms with Gasteiger partial charge in [-0.25, -0.2) is 4.79 Å². The molecule has 1 aromatic rings. The van der Waals surface area contributed by atoms with Gasteiger partial charge in [0, 0.05) is 13.1 Å². The number of rotatable bonds is 1. The maximum atomic E-state index is 12.7. The van der Waals surface area contributed by atoms with Crippen molar-refractivity contribution >= 4 is 6.09 Å². The van der Waals surface area contributed by atoms with Crippen molar-refractivity contribution in [3.63, 3.8) is 0 Å². The van der Waals surface area contributed by atoms with Gasteiger partial charge in [0.1, 0.15) is 0 Å². The Morgan fingerprint density at radius 3 is 2.35 bits per heavy atom. The predicted molar refractivity (Wildman–Crippen MR) is 64.2 cm³/mol. The van der Waals surface area contributed by atoms with Crippen molar-refractivity contribution in [2.24, 2.45) is 0 Å². The largest absolute Gasteiger partial charge is 0.465 e. The zero-order valence-corrected chi connectivity index (χ0v) is 10.5. The lowest BCUT2D eigenvalue weighted by atomic mass is 9.84. The summed E-state index contributed by atoms with van der Waals surface area (Å²) in [5.74, 6) is 0. The minimum absolute atomic E-state index is 0.0839. The zero-order valence-electron chi connectivity index (χ0n) is 10.5. The minimum atomic E-state index is -4.46. The van der Waals surface area contributed by atoms with Crippen LogP contribution in [0.4, 0.5) is 18.0 Å². The first-order valence-corrected chi connectivity index (χ1v) is 6.10. The number of hydrogen-bond acceptors (Lipinski definition) is 2. The molecule has 0 saturated carbocycles. The topological polar surface area (TPSA) is 60.8 Å². The fourth-order valence-corrected chi connectivity index (χ4v) is 2.34. The highest BCUT2D eigenvalue weighted by Crippen LogP contribution is 2.36. The van der Waals surface area contributed by atoms with Crippen LogP contribution in [0.2, 0.25) is 0 Å². The summed E-state index contributed by atoms with van der Waals surface area (Å²) in [5.41, 5.74) is -2.05. The van der Waals surface area contributed by atoms with Gasteiger partial charge in [-0.2, -0.15) is 13.2 Å². The molecule has 110 valence electrons. The Hall–Kier alpha value is -1.76. The van der Waals surface area contributed by atoms with Crippen LogP contribution < -0.4 is 0 Å². The summed E-state index contributed by atoms with van der Waals surface area (Å²) in [4.78, 5) is 11.9. The molecule has 0 radical (unpaired) electrons. The van der Waals surface area contributed by atoms with E-state index in [1.54, 1.807) is 0 Å². The van der Waals surface area contributed by atoms with Crippen LogP contribution >= 0.6 is 0 Å². The van der Waals surface area contributed by atoms with E-state index < -0.39 is 23.4 Å². The monoisotopic (exact) mass is 289 g/mol. The van der Waals surface area contributed by atoms with E-state index in [0.29, 0.717) is 0 Å². The number of carboxylic acid groups (broad SMARTS) is 1. The molecule has 1 aliphatic heterocycles. The zero-order chi connectivity index (χ0) is 15.0. The molecule has 20 heavy (non-hydrogen) atoms. The molecular weight excluding hydrogens is 275 g/mol. The van der Waals surface area contributed by atoms with Gasteiger partial charge in [-0.05, 0) is 30.5 Å². The third-order valence-electron chi connectivity index (χ3n) is 3.59. The van der Waals surface area contributed by atoms with Crippen molar-refractivity contribution < 1.29 is 28.2 Å². The number of amides is 1. The summed E-state index contributed by atoms with van der Waals surface area (Å²) in [6.07, 6.45) is -5.38. The van der Waals surface area contributed by atoms with Gasteiger partial charge in [0.05, 0.1) is 11.2 Å². The lowest BCUT2D eigenvalue weighted by Crippen LogP contribution is -2.44. The molecule has 1 aliphatic rings. The van der Waals surface area contributed by atoms with Gasteiger partial charge in [-0.1, -0.05) is 12.1 Å². The molecule has 1 saturated heterocycles. The van der Waals surface area contributed by atoms with E-state index in [9.17, 15) is 23.1 Å². The molecule has 4 nitrogen and oxygen atoms in total. The Bertz CT molecular complexity index is 508. The first-order chi connectivity index (χ1) is 9.22. The van der Waals surface area contributed by atoms with Gasteiger partial charge in [0.25, 0.3) is 0 Å². The molecule has 7 heteroatoms. The Labute approximate surface area is 113 Å². The summed E-state index contributed by atoms with van der Waals surface area (Å²) < 4.78 is 38.0. The van der Waals surface area contributed by atoms with Crippen molar-refractivity contribution in [2.45, 2.75) is 24.6 Å². The average Bonchev–Trinajstić information content (AvgIpc) is 2.38. The molecule has 0 unspecified atom stereocenters. The van der Waals surface area contributed by atoms with Crippen LogP contribution in [-0.4, -0.2) is 34.3 Å². The normalized spacial score (nSPS) is 18.9. The molecule has 0 aliphatic carbocycles. The van der Waals surface area contributed by atoms with Crippen LogP contribution in [-0.2, 0) is 11.8 Å². The number of nitrogens with zero attached hydrogens (tertiary/aromatic N) is 1. The van der Waals surface area contributed by atoms with Crippen molar-refractivity contribution in [2.75, 3.05) is 13.1 Å². The predicted octanol–water partition coefficient (Wildman–Crippen LogP) is 2.67. The van der Waals surface area contributed by atoms with Gasteiger partial charge < -0.3 is 15.1 Å². The third-order valence-corrected chi connectivity index (χ3v) is 3.59. The molecule has 1 heterocycles. The number of piperidine rings is 1. The van der Waals surface area contributed by atoms with Crippen molar-refractivity contribution in [3.8, 4) is 0 Å². The fraction of sp³-hybridized carbons (Fsp3) is 0.462. The number of benzene rings is 1. The number of likely N-dealkylation sites (tertiary alicyclic amines) is 1. The molecule has 1 amide bonds. The Kier molecular flexibility index (Phi) is 3.64. The molecule has 0 aromatic heterocycles. The van der Waals surface area contributed by atoms with Crippen LogP contribution in [0, 0.1) is 0 Å². The highest BCUT2D eigenvalue weighted by Gasteiger charge is 2.37.